The number of hydrogen-bond acceptors (Lipinski definition) is 3. The Bertz CT molecular complexity index is 305. The largest absolute Gasteiger partial charge is 0.318 e. The van der Waals surface area contributed by atoms with Crippen LogP contribution < -0.4 is 10.9 Å². The van der Waals surface area contributed by atoms with Gasteiger partial charge in [0.1, 0.15) is 0 Å². The Morgan fingerprint density at radius 3 is 3.00 bits per heavy atom. The maximum Gasteiger partial charge on any atom is 0.266 e. The van der Waals surface area contributed by atoms with Crippen LogP contribution in [0.1, 0.15) is 5.69 Å². The molecule has 0 spiro atoms. The Balaban J connectivity index is 2.83. The first-order valence-electron chi connectivity index (χ1n) is 3.93. The molecule has 0 amide bonds. The van der Waals surface area contributed by atoms with E-state index >= 15 is 0 Å². The van der Waals surface area contributed by atoms with E-state index in [1.165, 1.54) is 10.7 Å². The summed E-state index contributed by atoms with van der Waals surface area (Å²) < 4.78 is 1.46. The van der Waals surface area contributed by atoms with E-state index in [4.69, 9.17) is 0 Å². The SMILES string of the molecule is CNCCn1nc(C)ccc1=O. The minimum Gasteiger partial charge on any atom is -0.318 e. The predicted octanol–water partition coefficient (Wildman–Crippen LogP) is -0.229. The second kappa shape index (κ2) is 4.01. The second-order valence-corrected chi connectivity index (χ2v) is 2.64. The lowest BCUT2D eigenvalue weighted by molar-refractivity contribution is 0.549. The van der Waals surface area contributed by atoms with Gasteiger partial charge >= 0.3 is 0 Å². The Morgan fingerprint density at radius 1 is 1.58 bits per heavy atom. The molecule has 12 heavy (non-hydrogen) atoms. The Hall–Kier alpha value is -1.16. The monoisotopic (exact) mass is 167 g/mol. The molecular formula is C8H13N3O. The van der Waals surface area contributed by atoms with Crippen LogP contribution in [0.3, 0.4) is 0 Å². The minimum atomic E-state index is -0.0455. The molecule has 4 nitrogen and oxygen atoms in total. The van der Waals surface area contributed by atoms with E-state index in [0.717, 1.165) is 12.2 Å². The minimum absolute atomic E-state index is 0.0455. The number of hydrogen-bond donors (Lipinski definition) is 1. The van der Waals surface area contributed by atoms with E-state index in [9.17, 15) is 4.79 Å². The summed E-state index contributed by atoms with van der Waals surface area (Å²) in [7, 11) is 1.85. The Morgan fingerprint density at radius 2 is 2.33 bits per heavy atom. The fourth-order valence-corrected chi connectivity index (χ4v) is 0.929. The van der Waals surface area contributed by atoms with Crippen molar-refractivity contribution in [2.45, 2.75) is 13.5 Å². The predicted molar refractivity (Wildman–Crippen MR) is 47.2 cm³/mol. The quantitative estimate of drug-likeness (QED) is 0.676. The zero-order valence-corrected chi connectivity index (χ0v) is 7.37. The van der Waals surface area contributed by atoms with Gasteiger partial charge in [0, 0.05) is 12.6 Å². The number of rotatable bonds is 3. The molecule has 0 atom stereocenters. The van der Waals surface area contributed by atoms with E-state index in [2.05, 4.69) is 10.4 Å². The number of aromatic nitrogens is 2. The molecule has 0 bridgehead atoms. The van der Waals surface area contributed by atoms with Gasteiger partial charge in [-0.25, -0.2) is 4.68 Å². The van der Waals surface area contributed by atoms with Crippen LogP contribution >= 0.6 is 0 Å². The highest BCUT2D eigenvalue weighted by molar-refractivity contribution is 4.96. The lowest BCUT2D eigenvalue weighted by Crippen LogP contribution is -2.27. The molecule has 0 aliphatic heterocycles. The topological polar surface area (TPSA) is 46.9 Å². The lowest BCUT2D eigenvalue weighted by atomic mass is 10.4. The van der Waals surface area contributed by atoms with Gasteiger partial charge in [-0.05, 0) is 20.0 Å². The number of nitrogens with zero attached hydrogens (tertiary/aromatic N) is 2. The van der Waals surface area contributed by atoms with Crippen molar-refractivity contribution in [1.82, 2.24) is 15.1 Å². The van der Waals surface area contributed by atoms with E-state index in [1.54, 1.807) is 6.07 Å². The molecule has 0 aromatic carbocycles. The molecule has 0 saturated heterocycles. The van der Waals surface area contributed by atoms with Crippen LogP contribution in [0.25, 0.3) is 0 Å². The van der Waals surface area contributed by atoms with Crippen LogP contribution in [0.2, 0.25) is 0 Å². The molecule has 4 heteroatoms. The first-order valence-corrected chi connectivity index (χ1v) is 3.93. The van der Waals surface area contributed by atoms with Crippen LogP contribution in [0.4, 0.5) is 0 Å². The molecule has 1 aromatic heterocycles. The van der Waals surface area contributed by atoms with E-state index in [1.807, 2.05) is 14.0 Å². The van der Waals surface area contributed by atoms with E-state index in [-0.39, 0.29) is 5.56 Å². The highest BCUT2D eigenvalue weighted by Gasteiger charge is 1.95. The Kier molecular flexibility index (Phi) is 2.99. The van der Waals surface area contributed by atoms with Gasteiger partial charge in [0.15, 0.2) is 0 Å². The summed E-state index contributed by atoms with van der Waals surface area (Å²) >= 11 is 0. The van der Waals surface area contributed by atoms with Crippen molar-refractivity contribution in [2.75, 3.05) is 13.6 Å². The van der Waals surface area contributed by atoms with Crippen molar-refractivity contribution in [2.24, 2.45) is 0 Å². The van der Waals surface area contributed by atoms with Crippen LogP contribution in [0.15, 0.2) is 16.9 Å². The van der Waals surface area contributed by atoms with Gasteiger partial charge in [-0.2, -0.15) is 5.10 Å². The van der Waals surface area contributed by atoms with Crippen LogP contribution in [-0.2, 0) is 6.54 Å². The molecule has 1 aromatic rings. The number of nitrogens with one attached hydrogen (secondary N) is 1. The highest BCUT2D eigenvalue weighted by Crippen LogP contribution is 1.84. The first-order chi connectivity index (χ1) is 5.74. The normalized spacial score (nSPS) is 10.2. The molecule has 1 rings (SSSR count). The van der Waals surface area contributed by atoms with Crippen molar-refractivity contribution in [1.29, 1.82) is 0 Å². The molecule has 0 radical (unpaired) electrons. The van der Waals surface area contributed by atoms with E-state index < -0.39 is 0 Å². The first kappa shape index (κ1) is 8.93. The molecule has 66 valence electrons. The van der Waals surface area contributed by atoms with Gasteiger partial charge in [0.25, 0.3) is 5.56 Å². The Labute approximate surface area is 71.2 Å². The molecule has 0 aliphatic rings. The summed E-state index contributed by atoms with van der Waals surface area (Å²) in [5.41, 5.74) is 0.821. The number of aryl methyl sites for hydroxylation is 1. The van der Waals surface area contributed by atoms with Gasteiger partial charge < -0.3 is 5.32 Å². The standard InChI is InChI=1S/C8H13N3O/c1-7-3-4-8(12)11(10-7)6-5-9-2/h3-4,9H,5-6H2,1-2H3. The maximum absolute atomic E-state index is 11.1. The van der Waals surface area contributed by atoms with Gasteiger partial charge in [-0.1, -0.05) is 0 Å². The smallest absolute Gasteiger partial charge is 0.266 e. The van der Waals surface area contributed by atoms with Crippen LogP contribution in [-0.4, -0.2) is 23.4 Å². The van der Waals surface area contributed by atoms with Gasteiger partial charge in [-0.3, -0.25) is 4.79 Å². The average molecular weight is 167 g/mol. The second-order valence-electron chi connectivity index (χ2n) is 2.64. The molecule has 1 heterocycles. The third kappa shape index (κ3) is 2.17. The van der Waals surface area contributed by atoms with Crippen molar-refractivity contribution in [3.8, 4) is 0 Å². The van der Waals surface area contributed by atoms with Crippen molar-refractivity contribution in [3.63, 3.8) is 0 Å². The van der Waals surface area contributed by atoms with Crippen molar-refractivity contribution in [3.05, 3.63) is 28.2 Å². The van der Waals surface area contributed by atoms with Gasteiger partial charge in [0.05, 0.1) is 12.2 Å². The van der Waals surface area contributed by atoms with Gasteiger partial charge in [0.2, 0.25) is 0 Å². The van der Waals surface area contributed by atoms with Crippen molar-refractivity contribution >= 4 is 0 Å². The molecular weight excluding hydrogens is 154 g/mol. The summed E-state index contributed by atoms with van der Waals surface area (Å²) in [4.78, 5) is 11.1. The molecule has 0 aliphatic carbocycles. The zero-order chi connectivity index (χ0) is 8.97. The fourth-order valence-electron chi connectivity index (χ4n) is 0.929. The summed E-state index contributed by atoms with van der Waals surface area (Å²) in [6.07, 6.45) is 0. The lowest BCUT2D eigenvalue weighted by Gasteiger charge is -2.03. The summed E-state index contributed by atoms with van der Waals surface area (Å²) in [5, 5.41) is 7.04. The molecule has 0 fully saturated rings. The average Bonchev–Trinajstić information content (AvgIpc) is 2.07. The maximum atomic E-state index is 11.1. The third-order valence-corrected chi connectivity index (χ3v) is 1.57. The fraction of sp³-hybridized carbons (Fsp3) is 0.500. The zero-order valence-electron chi connectivity index (χ0n) is 7.37. The van der Waals surface area contributed by atoms with Crippen LogP contribution in [0.5, 0.6) is 0 Å². The molecule has 0 unspecified atom stereocenters. The summed E-state index contributed by atoms with van der Waals surface area (Å²) in [5.74, 6) is 0. The molecule has 0 saturated carbocycles. The highest BCUT2D eigenvalue weighted by atomic mass is 16.1. The summed E-state index contributed by atoms with van der Waals surface area (Å²) in [6, 6.07) is 3.26. The van der Waals surface area contributed by atoms with E-state index in [0.29, 0.717) is 6.54 Å². The third-order valence-electron chi connectivity index (χ3n) is 1.57. The molecule has 1 N–H and O–H groups in total. The number of likely N-dealkylation sites (N-methyl/N-ethyl adjacent to an activating group) is 1. The summed E-state index contributed by atoms with van der Waals surface area (Å²) in [6.45, 7) is 3.25. The van der Waals surface area contributed by atoms with Gasteiger partial charge in [-0.15, -0.1) is 0 Å². The van der Waals surface area contributed by atoms with Crippen molar-refractivity contribution < 1.29 is 0 Å². The van der Waals surface area contributed by atoms with Crippen LogP contribution in [0, 0.1) is 6.92 Å².